The molecule has 0 radical (unpaired) electrons. The molecule has 0 aromatic carbocycles. The molecular weight excluding hydrogens is 289 g/mol. The highest BCUT2D eigenvalue weighted by molar-refractivity contribution is 7.09. The molecular formula is C12H17F3N4S. The van der Waals surface area contributed by atoms with Crippen molar-refractivity contribution in [2.45, 2.75) is 32.5 Å². The molecule has 2 N–H and O–H groups in total. The predicted octanol–water partition coefficient (Wildman–Crippen LogP) is 2.71. The number of alkyl halides is 3. The molecule has 0 bridgehead atoms. The summed E-state index contributed by atoms with van der Waals surface area (Å²) in [5.41, 5.74) is 5.02. The number of aromatic nitrogens is 1. The first-order chi connectivity index (χ1) is 9.36. The van der Waals surface area contributed by atoms with E-state index in [1.54, 1.807) is 0 Å². The maximum Gasteiger partial charge on any atom is 0.434 e. The minimum Gasteiger partial charge on any atom is -0.370 e. The summed E-state index contributed by atoms with van der Waals surface area (Å²) in [4.78, 5) is 9.65. The first-order valence-electron chi connectivity index (χ1n) is 6.42. The number of aliphatic imine (C=N–C) groups is 1. The largest absolute Gasteiger partial charge is 0.434 e. The molecule has 2 heterocycles. The van der Waals surface area contributed by atoms with E-state index in [-0.39, 0.29) is 6.54 Å². The molecule has 1 aromatic heterocycles. The Kier molecular flexibility index (Phi) is 4.52. The molecule has 1 atom stereocenters. The smallest absolute Gasteiger partial charge is 0.370 e. The fraction of sp³-hybridized carbons (Fsp3) is 0.667. The van der Waals surface area contributed by atoms with Gasteiger partial charge in [0.25, 0.3) is 0 Å². The first kappa shape index (κ1) is 15.1. The standard InChI is InChI=1S/C12H17F3N4S/c1-8-3-2-4-19(6-8)11(16)17-5-10-18-9(7-20-10)12(13,14)15/h7-8H,2-6H2,1H3,(H2,16,17). The molecule has 112 valence electrons. The van der Waals surface area contributed by atoms with Crippen molar-refractivity contribution in [3.05, 3.63) is 16.1 Å². The molecule has 0 aliphatic carbocycles. The lowest BCUT2D eigenvalue weighted by atomic mass is 10.0. The zero-order valence-electron chi connectivity index (χ0n) is 11.2. The summed E-state index contributed by atoms with van der Waals surface area (Å²) in [5, 5.41) is 1.33. The van der Waals surface area contributed by atoms with Crippen LogP contribution in [0.25, 0.3) is 0 Å². The highest BCUT2D eigenvalue weighted by atomic mass is 32.1. The molecule has 0 saturated carbocycles. The van der Waals surface area contributed by atoms with Gasteiger partial charge >= 0.3 is 6.18 Å². The Balaban J connectivity index is 1.96. The summed E-state index contributed by atoms with van der Waals surface area (Å²) < 4.78 is 37.2. The highest BCUT2D eigenvalue weighted by Crippen LogP contribution is 2.30. The third kappa shape index (κ3) is 3.84. The van der Waals surface area contributed by atoms with Crippen molar-refractivity contribution in [2.24, 2.45) is 16.6 Å². The Bertz CT molecular complexity index is 483. The molecule has 1 unspecified atom stereocenters. The van der Waals surface area contributed by atoms with Gasteiger partial charge in [0.05, 0.1) is 6.54 Å². The number of nitrogens with two attached hydrogens (primary N) is 1. The third-order valence-electron chi connectivity index (χ3n) is 3.20. The van der Waals surface area contributed by atoms with E-state index in [2.05, 4.69) is 16.9 Å². The minimum absolute atomic E-state index is 0.0947. The van der Waals surface area contributed by atoms with E-state index in [9.17, 15) is 13.2 Å². The molecule has 8 heteroatoms. The number of likely N-dealkylation sites (tertiary alicyclic amines) is 1. The Morgan fingerprint density at radius 2 is 2.35 bits per heavy atom. The van der Waals surface area contributed by atoms with Gasteiger partial charge in [0.15, 0.2) is 11.7 Å². The van der Waals surface area contributed by atoms with Gasteiger partial charge < -0.3 is 10.6 Å². The number of rotatable bonds is 2. The second-order valence-electron chi connectivity index (χ2n) is 4.99. The van der Waals surface area contributed by atoms with Crippen LogP contribution in [-0.2, 0) is 12.7 Å². The van der Waals surface area contributed by atoms with Crippen LogP contribution in [0.5, 0.6) is 0 Å². The average Bonchev–Trinajstić information content (AvgIpc) is 2.84. The Hall–Kier alpha value is -1.31. The maximum atomic E-state index is 12.4. The topological polar surface area (TPSA) is 54.5 Å². The molecule has 0 spiro atoms. The van der Waals surface area contributed by atoms with Gasteiger partial charge in [0, 0.05) is 18.5 Å². The summed E-state index contributed by atoms with van der Waals surface area (Å²) in [6.07, 6.45) is -2.16. The molecule has 20 heavy (non-hydrogen) atoms. The van der Waals surface area contributed by atoms with E-state index in [4.69, 9.17) is 5.73 Å². The van der Waals surface area contributed by atoms with Crippen molar-refractivity contribution in [3.8, 4) is 0 Å². The second-order valence-corrected chi connectivity index (χ2v) is 5.93. The van der Waals surface area contributed by atoms with Crippen molar-refractivity contribution >= 4 is 17.3 Å². The van der Waals surface area contributed by atoms with Crippen molar-refractivity contribution in [2.75, 3.05) is 13.1 Å². The molecule has 1 aromatic rings. The van der Waals surface area contributed by atoms with Crippen LogP contribution in [0.3, 0.4) is 0 Å². The Labute approximate surface area is 119 Å². The molecule has 1 aliphatic rings. The molecule has 2 rings (SSSR count). The number of hydrogen-bond acceptors (Lipinski definition) is 3. The molecule has 4 nitrogen and oxygen atoms in total. The fourth-order valence-electron chi connectivity index (χ4n) is 2.16. The van der Waals surface area contributed by atoms with E-state index >= 15 is 0 Å². The fourth-order valence-corrected chi connectivity index (χ4v) is 2.88. The predicted molar refractivity (Wildman–Crippen MR) is 72.4 cm³/mol. The summed E-state index contributed by atoms with van der Waals surface area (Å²) in [7, 11) is 0. The quantitative estimate of drug-likeness (QED) is 0.675. The van der Waals surface area contributed by atoms with Gasteiger partial charge in [-0.05, 0) is 18.8 Å². The van der Waals surface area contributed by atoms with E-state index in [1.165, 1.54) is 6.42 Å². The number of halogens is 3. The minimum atomic E-state index is -4.40. The molecule has 1 saturated heterocycles. The number of thiazole rings is 1. The van der Waals surface area contributed by atoms with Crippen LogP contribution in [0.15, 0.2) is 10.4 Å². The lowest BCUT2D eigenvalue weighted by Gasteiger charge is -2.31. The van der Waals surface area contributed by atoms with Gasteiger partial charge in [-0.3, -0.25) is 0 Å². The number of nitrogens with zero attached hydrogens (tertiary/aromatic N) is 3. The van der Waals surface area contributed by atoms with Crippen LogP contribution in [0, 0.1) is 5.92 Å². The SMILES string of the molecule is CC1CCCN(C(N)=NCc2nc(C(F)(F)F)cs2)C1. The van der Waals surface area contributed by atoms with Crippen molar-refractivity contribution < 1.29 is 13.2 Å². The summed E-state index contributed by atoms with van der Waals surface area (Å²) >= 11 is 0.953. The van der Waals surface area contributed by atoms with Gasteiger partial charge in [-0.2, -0.15) is 13.2 Å². The van der Waals surface area contributed by atoms with Gasteiger partial charge in [0.1, 0.15) is 5.01 Å². The zero-order chi connectivity index (χ0) is 14.8. The van der Waals surface area contributed by atoms with Crippen LogP contribution in [-0.4, -0.2) is 28.9 Å². The van der Waals surface area contributed by atoms with E-state index in [1.807, 2.05) is 4.90 Å². The van der Waals surface area contributed by atoms with Gasteiger partial charge in [0.2, 0.25) is 0 Å². The Morgan fingerprint density at radius 3 is 2.95 bits per heavy atom. The number of hydrogen-bond donors (Lipinski definition) is 1. The van der Waals surface area contributed by atoms with Gasteiger partial charge in [-0.15, -0.1) is 11.3 Å². The van der Waals surface area contributed by atoms with Gasteiger partial charge in [-0.1, -0.05) is 6.92 Å². The van der Waals surface area contributed by atoms with Crippen LogP contribution in [0.4, 0.5) is 13.2 Å². The second kappa shape index (κ2) is 5.99. The summed E-state index contributed by atoms with van der Waals surface area (Å²) in [6.45, 7) is 3.94. The number of piperidine rings is 1. The summed E-state index contributed by atoms with van der Waals surface area (Å²) in [5.74, 6) is 0.953. The normalized spacial score (nSPS) is 21.3. The number of guanidine groups is 1. The van der Waals surface area contributed by atoms with E-state index in [0.29, 0.717) is 16.9 Å². The molecule has 1 aliphatic heterocycles. The summed E-state index contributed by atoms with van der Waals surface area (Å²) in [6, 6.07) is 0. The van der Waals surface area contributed by atoms with Crippen molar-refractivity contribution in [3.63, 3.8) is 0 Å². The monoisotopic (exact) mass is 306 g/mol. The maximum absolute atomic E-state index is 12.4. The van der Waals surface area contributed by atoms with E-state index in [0.717, 1.165) is 36.2 Å². The average molecular weight is 306 g/mol. The van der Waals surface area contributed by atoms with Crippen LogP contribution in [0.1, 0.15) is 30.5 Å². The van der Waals surface area contributed by atoms with Crippen molar-refractivity contribution in [1.29, 1.82) is 0 Å². The van der Waals surface area contributed by atoms with Crippen LogP contribution >= 0.6 is 11.3 Å². The van der Waals surface area contributed by atoms with Gasteiger partial charge in [-0.25, -0.2) is 9.98 Å². The highest BCUT2D eigenvalue weighted by Gasteiger charge is 2.33. The van der Waals surface area contributed by atoms with E-state index < -0.39 is 11.9 Å². The van der Waals surface area contributed by atoms with Crippen LogP contribution in [0.2, 0.25) is 0 Å². The van der Waals surface area contributed by atoms with Crippen molar-refractivity contribution in [1.82, 2.24) is 9.88 Å². The lowest BCUT2D eigenvalue weighted by molar-refractivity contribution is -0.140. The first-order valence-corrected chi connectivity index (χ1v) is 7.30. The third-order valence-corrected chi connectivity index (χ3v) is 4.03. The Morgan fingerprint density at radius 1 is 1.60 bits per heavy atom. The molecule has 0 amide bonds. The molecule has 1 fully saturated rings. The zero-order valence-corrected chi connectivity index (χ0v) is 12.0. The van der Waals surface area contributed by atoms with Crippen LogP contribution < -0.4 is 5.73 Å². The lowest BCUT2D eigenvalue weighted by Crippen LogP contribution is -2.43.